The molecule has 0 amide bonds. The second-order valence-corrected chi connectivity index (χ2v) is 5.97. The first-order valence-electron chi connectivity index (χ1n) is 7.45. The number of anilines is 1. The fourth-order valence-corrected chi connectivity index (χ4v) is 2.90. The molecule has 112 valence electrons. The highest BCUT2D eigenvalue weighted by Gasteiger charge is 2.15. The average Bonchev–Trinajstić information content (AvgIpc) is 2.46. The van der Waals surface area contributed by atoms with Crippen molar-refractivity contribution in [2.24, 2.45) is 0 Å². The molecule has 0 heterocycles. The molecule has 0 aromatic heterocycles. The third-order valence-corrected chi connectivity index (χ3v) is 4.13. The SMILES string of the molecule is Cc1cccc(Cl)c1NCC(O)COC1CCCCC1. The molecule has 2 rings (SSSR count). The van der Waals surface area contributed by atoms with Gasteiger partial charge in [0.15, 0.2) is 0 Å². The topological polar surface area (TPSA) is 41.5 Å². The fraction of sp³-hybridized carbons (Fsp3) is 0.625. The van der Waals surface area contributed by atoms with Crippen molar-refractivity contribution in [2.75, 3.05) is 18.5 Å². The van der Waals surface area contributed by atoms with Crippen molar-refractivity contribution in [3.63, 3.8) is 0 Å². The maximum Gasteiger partial charge on any atom is 0.0945 e. The minimum Gasteiger partial charge on any atom is -0.389 e. The zero-order valence-electron chi connectivity index (χ0n) is 12.1. The molecule has 1 unspecified atom stereocenters. The van der Waals surface area contributed by atoms with Crippen LogP contribution in [-0.4, -0.2) is 30.5 Å². The Morgan fingerprint density at radius 3 is 2.80 bits per heavy atom. The van der Waals surface area contributed by atoms with E-state index in [-0.39, 0.29) is 0 Å². The summed E-state index contributed by atoms with van der Waals surface area (Å²) in [7, 11) is 0. The van der Waals surface area contributed by atoms with Crippen LogP contribution in [0.1, 0.15) is 37.7 Å². The zero-order chi connectivity index (χ0) is 14.4. The highest BCUT2D eigenvalue weighted by atomic mass is 35.5. The molecule has 1 aliphatic rings. The zero-order valence-corrected chi connectivity index (χ0v) is 12.8. The molecule has 0 saturated heterocycles. The number of rotatable bonds is 6. The number of halogens is 1. The minimum absolute atomic E-state index is 0.334. The molecule has 0 bridgehead atoms. The van der Waals surface area contributed by atoms with Crippen LogP contribution in [0.3, 0.4) is 0 Å². The molecule has 4 heteroatoms. The Kier molecular flexibility index (Phi) is 6.14. The summed E-state index contributed by atoms with van der Waals surface area (Å²) in [6.07, 6.45) is 5.90. The van der Waals surface area contributed by atoms with Gasteiger partial charge in [-0.3, -0.25) is 0 Å². The number of para-hydroxylation sites is 1. The van der Waals surface area contributed by atoms with Gasteiger partial charge in [0.2, 0.25) is 0 Å². The van der Waals surface area contributed by atoms with E-state index in [1.54, 1.807) is 0 Å². The molecule has 1 aliphatic carbocycles. The minimum atomic E-state index is -0.507. The van der Waals surface area contributed by atoms with E-state index in [0.717, 1.165) is 24.1 Å². The summed E-state index contributed by atoms with van der Waals surface area (Å²) < 4.78 is 5.77. The second kappa shape index (κ2) is 7.87. The first-order chi connectivity index (χ1) is 9.66. The summed E-state index contributed by atoms with van der Waals surface area (Å²) in [6.45, 7) is 2.84. The maximum absolute atomic E-state index is 9.99. The van der Waals surface area contributed by atoms with Crippen LogP contribution in [-0.2, 0) is 4.74 Å². The van der Waals surface area contributed by atoms with Gasteiger partial charge in [-0.15, -0.1) is 0 Å². The number of aliphatic hydroxyl groups excluding tert-OH is 1. The van der Waals surface area contributed by atoms with Gasteiger partial charge in [0, 0.05) is 6.54 Å². The number of nitrogens with one attached hydrogen (secondary N) is 1. The highest BCUT2D eigenvalue weighted by molar-refractivity contribution is 6.33. The van der Waals surface area contributed by atoms with E-state index < -0.39 is 6.10 Å². The van der Waals surface area contributed by atoms with Crippen molar-refractivity contribution in [2.45, 2.75) is 51.2 Å². The molecule has 20 heavy (non-hydrogen) atoms. The number of ether oxygens (including phenoxy) is 1. The Bertz CT molecular complexity index is 399. The van der Waals surface area contributed by atoms with E-state index >= 15 is 0 Å². The van der Waals surface area contributed by atoms with Crippen LogP contribution in [0.25, 0.3) is 0 Å². The highest BCUT2D eigenvalue weighted by Crippen LogP contribution is 2.25. The first-order valence-corrected chi connectivity index (χ1v) is 7.83. The van der Waals surface area contributed by atoms with Crippen molar-refractivity contribution in [3.05, 3.63) is 28.8 Å². The average molecular weight is 298 g/mol. The van der Waals surface area contributed by atoms with Crippen LogP contribution in [0.2, 0.25) is 5.02 Å². The lowest BCUT2D eigenvalue weighted by Gasteiger charge is -2.23. The van der Waals surface area contributed by atoms with Crippen LogP contribution < -0.4 is 5.32 Å². The van der Waals surface area contributed by atoms with Crippen molar-refractivity contribution < 1.29 is 9.84 Å². The van der Waals surface area contributed by atoms with Gasteiger partial charge in [0.1, 0.15) is 0 Å². The Morgan fingerprint density at radius 2 is 2.10 bits per heavy atom. The van der Waals surface area contributed by atoms with Crippen molar-refractivity contribution >= 4 is 17.3 Å². The number of aliphatic hydroxyl groups is 1. The Hall–Kier alpha value is -0.770. The molecule has 2 N–H and O–H groups in total. The standard InChI is InChI=1S/C16H24ClNO2/c1-12-6-5-9-15(17)16(12)18-10-13(19)11-20-14-7-3-2-4-8-14/h5-6,9,13-14,18-19H,2-4,7-8,10-11H2,1H3. The van der Waals surface area contributed by atoms with E-state index in [1.807, 2.05) is 25.1 Å². The van der Waals surface area contributed by atoms with Crippen LogP contribution >= 0.6 is 11.6 Å². The van der Waals surface area contributed by atoms with Gasteiger partial charge in [-0.2, -0.15) is 0 Å². The first kappa shape index (κ1) is 15.6. The van der Waals surface area contributed by atoms with Crippen LogP contribution in [0, 0.1) is 6.92 Å². The molecule has 1 aromatic carbocycles. The van der Waals surface area contributed by atoms with Crippen LogP contribution in [0.15, 0.2) is 18.2 Å². The summed E-state index contributed by atoms with van der Waals surface area (Å²) >= 11 is 6.14. The molecule has 1 atom stereocenters. The van der Waals surface area contributed by atoms with E-state index in [2.05, 4.69) is 5.32 Å². The summed E-state index contributed by atoms with van der Waals surface area (Å²) in [5, 5.41) is 13.9. The predicted molar refractivity (Wildman–Crippen MR) is 83.5 cm³/mol. The lowest BCUT2D eigenvalue weighted by Crippen LogP contribution is -2.28. The molecule has 3 nitrogen and oxygen atoms in total. The van der Waals surface area contributed by atoms with Crippen LogP contribution in [0.4, 0.5) is 5.69 Å². The predicted octanol–water partition coefficient (Wildman–Crippen LogP) is 3.77. The number of aryl methyl sites for hydroxylation is 1. The number of benzene rings is 1. The molecule has 0 spiro atoms. The summed E-state index contributed by atoms with van der Waals surface area (Å²) in [5.74, 6) is 0. The van der Waals surface area contributed by atoms with Crippen molar-refractivity contribution in [3.8, 4) is 0 Å². The molecular weight excluding hydrogens is 274 g/mol. The Labute approximate surface area is 126 Å². The maximum atomic E-state index is 9.99. The fourth-order valence-electron chi connectivity index (χ4n) is 2.61. The van der Waals surface area contributed by atoms with Gasteiger partial charge in [0.25, 0.3) is 0 Å². The van der Waals surface area contributed by atoms with Gasteiger partial charge in [-0.25, -0.2) is 0 Å². The monoisotopic (exact) mass is 297 g/mol. The van der Waals surface area contributed by atoms with Gasteiger partial charge < -0.3 is 15.2 Å². The van der Waals surface area contributed by atoms with E-state index in [0.29, 0.717) is 24.3 Å². The van der Waals surface area contributed by atoms with Crippen molar-refractivity contribution in [1.29, 1.82) is 0 Å². The second-order valence-electron chi connectivity index (χ2n) is 5.56. The molecule has 1 aromatic rings. The third kappa shape index (κ3) is 4.65. The molecule has 0 aliphatic heterocycles. The molecule has 0 radical (unpaired) electrons. The number of hydrogen-bond donors (Lipinski definition) is 2. The summed E-state index contributed by atoms with van der Waals surface area (Å²) in [4.78, 5) is 0. The Balaban J connectivity index is 1.73. The number of hydrogen-bond acceptors (Lipinski definition) is 3. The normalized spacial score (nSPS) is 17.9. The van der Waals surface area contributed by atoms with Gasteiger partial charge >= 0.3 is 0 Å². The van der Waals surface area contributed by atoms with Crippen LogP contribution in [0.5, 0.6) is 0 Å². The molecule has 1 saturated carbocycles. The van der Waals surface area contributed by atoms with Gasteiger partial charge in [-0.05, 0) is 31.4 Å². The van der Waals surface area contributed by atoms with Gasteiger partial charge in [-0.1, -0.05) is 43.0 Å². The van der Waals surface area contributed by atoms with E-state index in [4.69, 9.17) is 16.3 Å². The molecule has 1 fully saturated rings. The third-order valence-electron chi connectivity index (χ3n) is 3.81. The van der Waals surface area contributed by atoms with E-state index in [1.165, 1.54) is 19.3 Å². The van der Waals surface area contributed by atoms with Crippen molar-refractivity contribution in [1.82, 2.24) is 0 Å². The smallest absolute Gasteiger partial charge is 0.0945 e. The quantitative estimate of drug-likeness (QED) is 0.840. The van der Waals surface area contributed by atoms with Gasteiger partial charge in [0.05, 0.1) is 29.5 Å². The largest absolute Gasteiger partial charge is 0.389 e. The lowest BCUT2D eigenvalue weighted by molar-refractivity contribution is -0.0195. The Morgan fingerprint density at radius 1 is 1.35 bits per heavy atom. The molecular formula is C16H24ClNO2. The summed E-state index contributed by atoms with van der Waals surface area (Å²) in [6, 6.07) is 5.77. The summed E-state index contributed by atoms with van der Waals surface area (Å²) in [5.41, 5.74) is 1.98. The van der Waals surface area contributed by atoms with E-state index in [9.17, 15) is 5.11 Å². The lowest BCUT2D eigenvalue weighted by atomic mass is 9.98.